The molecule has 0 radical (unpaired) electrons. The number of methoxy groups -OCH3 is 1. The molecule has 1 aliphatic rings. The van der Waals surface area contributed by atoms with Crippen molar-refractivity contribution in [2.75, 3.05) is 43.5 Å². The first-order chi connectivity index (χ1) is 12.5. The smallest absolute Gasteiger partial charge is 0.250 e. The van der Waals surface area contributed by atoms with E-state index in [1.807, 2.05) is 4.90 Å². The van der Waals surface area contributed by atoms with Crippen LogP contribution in [0.4, 0.5) is 17.6 Å². The molecule has 8 nitrogen and oxygen atoms in total. The number of halogens is 3. The van der Waals surface area contributed by atoms with Gasteiger partial charge in [-0.15, -0.1) is 0 Å². The van der Waals surface area contributed by atoms with E-state index in [1.54, 1.807) is 18.3 Å². The molecule has 0 aromatic carbocycles. The second kappa shape index (κ2) is 8.39. The molecule has 0 amide bonds. The van der Waals surface area contributed by atoms with E-state index in [-0.39, 0.29) is 11.8 Å². The lowest BCUT2D eigenvalue weighted by molar-refractivity contribution is 0.400. The molecule has 1 fully saturated rings. The number of alkyl halides is 3. The van der Waals surface area contributed by atoms with Crippen LogP contribution in [0.25, 0.3) is 0 Å². The van der Waals surface area contributed by atoms with Gasteiger partial charge < -0.3 is 20.3 Å². The molecule has 2 N–H and O–H groups in total. The summed E-state index contributed by atoms with van der Waals surface area (Å²) in [5, 5.41) is 6.39. The zero-order chi connectivity index (χ0) is 18.6. The van der Waals surface area contributed by atoms with Gasteiger partial charge in [-0.3, -0.25) is 0 Å². The van der Waals surface area contributed by atoms with E-state index >= 15 is 0 Å². The van der Waals surface area contributed by atoms with Crippen LogP contribution in [0.1, 0.15) is 12.2 Å². The van der Waals surface area contributed by atoms with Crippen LogP contribution >= 0.6 is 34.8 Å². The lowest BCUT2D eigenvalue weighted by Crippen LogP contribution is -2.30. The standard InChI is InChI=1S/C15H18Cl3N7O/c1-26-11-10(4-2-6-20-11)21-13-22-12(15(16,17)18)23-14(24-13)25-8-3-5-19-7-9-25/h2,4,6,19H,3,5,7-9H2,1H3,(H,21,22,23,24). The maximum absolute atomic E-state index is 6.02. The minimum Gasteiger partial charge on any atom is -0.480 e. The predicted molar refractivity (Wildman–Crippen MR) is 103 cm³/mol. The first kappa shape index (κ1) is 19.2. The Labute approximate surface area is 166 Å². The Balaban J connectivity index is 1.97. The summed E-state index contributed by atoms with van der Waals surface area (Å²) in [5.41, 5.74) is 0.597. The Morgan fingerprint density at radius 1 is 1.19 bits per heavy atom. The highest BCUT2D eigenvalue weighted by atomic mass is 35.6. The minimum absolute atomic E-state index is 0.0510. The first-order valence-corrected chi connectivity index (χ1v) is 9.16. The number of nitrogens with zero attached hydrogens (tertiary/aromatic N) is 5. The summed E-state index contributed by atoms with van der Waals surface area (Å²) in [6, 6.07) is 3.56. The summed E-state index contributed by atoms with van der Waals surface area (Å²) in [5.74, 6) is 1.16. The second-order valence-corrected chi connectivity index (χ2v) is 7.84. The SMILES string of the molecule is COc1ncccc1Nc1nc(N2CCCNCC2)nc(C(Cl)(Cl)Cl)n1. The van der Waals surface area contributed by atoms with Gasteiger partial charge in [0, 0.05) is 25.8 Å². The number of rotatable bonds is 4. The van der Waals surface area contributed by atoms with Gasteiger partial charge >= 0.3 is 0 Å². The molecule has 0 bridgehead atoms. The summed E-state index contributed by atoms with van der Waals surface area (Å²) in [7, 11) is 1.53. The summed E-state index contributed by atoms with van der Waals surface area (Å²) in [4.78, 5) is 19.2. The molecule has 3 rings (SSSR count). The van der Waals surface area contributed by atoms with Gasteiger partial charge in [0.05, 0.1) is 7.11 Å². The largest absolute Gasteiger partial charge is 0.480 e. The average Bonchev–Trinajstić information content (AvgIpc) is 2.90. The predicted octanol–water partition coefficient (Wildman–Crippen LogP) is 2.65. The maximum atomic E-state index is 6.02. The molecule has 0 saturated carbocycles. The number of hydrogen-bond donors (Lipinski definition) is 2. The number of hydrogen-bond acceptors (Lipinski definition) is 8. The van der Waals surface area contributed by atoms with E-state index in [4.69, 9.17) is 39.5 Å². The highest BCUT2D eigenvalue weighted by molar-refractivity contribution is 6.66. The quantitative estimate of drug-likeness (QED) is 0.733. The van der Waals surface area contributed by atoms with Crippen molar-refractivity contribution in [3.8, 4) is 5.88 Å². The molecule has 1 saturated heterocycles. The number of anilines is 3. The maximum Gasteiger partial charge on any atom is 0.250 e. The Morgan fingerprint density at radius 3 is 2.81 bits per heavy atom. The fraction of sp³-hybridized carbons (Fsp3) is 0.467. The molecule has 26 heavy (non-hydrogen) atoms. The summed E-state index contributed by atoms with van der Waals surface area (Å²) in [6.07, 6.45) is 2.59. The van der Waals surface area contributed by atoms with E-state index in [1.165, 1.54) is 7.11 Å². The van der Waals surface area contributed by atoms with Gasteiger partial charge in [-0.1, -0.05) is 34.8 Å². The lowest BCUT2D eigenvalue weighted by atomic mass is 10.4. The zero-order valence-corrected chi connectivity index (χ0v) is 16.3. The number of aromatic nitrogens is 4. The van der Waals surface area contributed by atoms with Crippen LogP contribution in [-0.2, 0) is 3.79 Å². The van der Waals surface area contributed by atoms with Crippen LogP contribution in [0, 0.1) is 0 Å². The molecule has 0 spiro atoms. The van der Waals surface area contributed by atoms with E-state index in [0.29, 0.717) is 17.5 Å². The number of nitrogens with one attached hydrogen (secondary N) is 2. The van der Waals surface area contributed by atoms with Crippen LogP contribution in [0.15, 0.2) is 18.3 Å². The topological polar surface area (TPSA) is 88.1 Å². The van der Waals surface area contributed by atoms with Gasteiger partial charge in [0.25, 0.3) is 0 Å². The molecule has 0 atom stereocenters. The van der Waals surface area contributed by atoms with Crippen LogP contribution in [-0.4, -0.2) is 53.2 Å². The van der Waals surface area contributed by atoms with Crippen molar-refractivity contribution in [2.45, 2.75) is 10.2 Å². The van der Waals surface area contributed by atoms with Crippen LogP contribution in [0.2, 0.25) is 0 Å². The Kier molecular flexibility index (Phi) is 6.18. The molecule has 2 aromatic heterocycles. The zero-order valence-electron chi connectivity index (χ0n) is 14.0. The van der Waals surface area contributed by atoms with Crippen molar-refractivity contribution in [3.63, 3.8) is 0 Å². The first-order valence-electron chi connectivity index (χ1n) is 8.02. The van der Waals surface area contributed by atoms with E-state index in [2.05, 4.69) is 30.6 Å². The van der Waals surface area contributed by atoms with Crippen molar-refractivity contribution < 1.29 is 4.74 Å². The third kappa shape index (κ3) is 4.76. The normalized spacial score (nSPS) is 15.5. The fourth-order valence-electron chi connectivity index (χ4n) is 2.50. The Bertz CT molecular complexity index is 748. The average molecular weight is 419 g/mol. The summed E-state index contributed by atoms with van der Waals surface area (Å²) < 4.78 is 3.47. The van der Waals surface area contributed by atoms with Gasteiger partial charge in [0.1, 0.15) is 5.69 Å². The van der Waals surface area contributed by atoms with Crippen molar-refractivity contribution in [2.24, 2.45) is 0 Å². The highest BCUT2D eigenvalue weighted by Gasteiger charge is 2.29. The van der Waals surface area contributed by atoms with Gasteiger partial charge in [-0.2, -0.15) is 15.0 Å². The molecule has 1 aliphatic heterocycles. The Morgan fingerprint density at radius 2 is 2.04 bits per heavy atom. The molecule has 3 heterocycles. The van der Waals surface area contributed by atoms with Gasteiger partial charge in [-0.25, -0.2) is 4.98 Å². The summed E-state index contributed by atoms with van der Waals surface area (Å²) >= 11 is 18.1. The fourth-order valence-corrected chi connectivity index (χ4v) is 2.76. The van der Waals surface area contributed by atoms with Crippen molar-refractivity contribution in [1.29, 1.82) is 0 Å². The monoisotopic (exact) mass is 417 g/mol. The molecule has 140 valence electrons. The lowest BCUT2D eigenvalue weighted by Gasteiger charge is -2.22. The van der Waals surface area contributed by atoms with Crippen LogP contribution in [0.3, 0.4) is 0 Å². The molecule has 11 heteroatoms. The molecule has 0 aliphatic carbocycles. The minimum atomic E-state index is -1.77. The van der Waals surface area contributed by atoms with E-state index in [0.717, 1.165) is 32.6 Å². The molecule has 0 unspecified atom stereocenters. The third-order valence-corrected chi connectivity index (χ3v) is 4.22. The molecule has 2 aromatic rings. The van der Waals surface area contributed by atoms with Crippen LogP contribution in [0.5, 0.6) is 5.88 Å². The number of ether oxygens (including phenoxy) is 1. The van der Waals surface area contributed by atoms with Gasteiger partial charge in [-0.05, 0) is 25.1 Å². The van der Waals surface area contributed by atoms with Crippen molar-refractivity contribution in [3.05, 3.63) is 24.2 Å². The van der Waals surface area contributed by atoms with Crippen molar-refractivity contribution in [1.82, 2.24) is 25.3 Å². The number of pyridine rings is 1. The van der Waals surface area contributed by atoms with E-state index in [9.17, 15) is 0 Å². The summed E-state index contributed by atoms with van der Waals surface area (Å²) in [6.45, 7) is 3.32. The van der Waals surface area contributed by atoms with Crippen molar-refractivity contribution >= 4 is 52.4 Å². The van der Waals surface area contributed by atoms with Gasteiger partial charge in [0.15, 0.2) is 5.82 Å². The Hall–Kier alpha value is -1.61. The van der Waals surface area contributed by atoms with E-state index < -0.39 is 3.79 Å². The highest BCUT2D eigenvalue weighted by Crippen LogP contribution is 2.37. The molecular weight excluding hydrogens is 401 g/mol. The van der Waals surface area contributed by atoms with Gasteiger partial charge in [0.2, 0.25) is 21.6 Å². The third-order valence-electron chi connectivity index (χ3n) is 3.71. The molecular formula is C15H18Cl3N7O. The second-order valence-electron chi connectivity index (χ2n) is 5.56. The van der Waals surface area contributed by atoms with Crippen LogP contribution < -0.4 is 20.3 Å².